The normalized spacial score (nSPS) is 26.4. The highest BCUT2D eigenvalue weighted by molar-refractivity contribution is 7.96. The van der Waals surface area contributed by atoms with Gasteiger partial charge in [-0.2, -0.15) is 0 Å². The van der Waals surface area contributed by atoms with Gasteiger partial charge in [0.15, 0.2) is 5.37 Å². The van der Waals surface area contributed by atoms with Crippen LogP contribution >= 0.6 is 0 Å². The topological polar surface area (TPSA) is 129 Å². The van der Waals surface area contributed by atoms with Gasteiger partial charge in [-0.3, -0.25) is 9.69 Å². The average Bonchev–Trinajstić information content (AvgIpc) is 2.32. The molecule has 0 aromatic carbocycles. The van der Waals surface area contributed by atoms with Crippen molar-refractivity contribution in [2.24, 2.45) is 0 Å². The van der Waals surface area contributed by atoms with Crippen molar-refractivity contribution in [2.45, 2.75) is 12.3 Å². The summed E-state index contributed by atoms with van der Waals surface area (Å²) >= 11 is 0. The Balaban J connectivity index is 2.71. The number of β-lactam (4-membered cyclic amide) rings is 1. The smallest absolute Gasteiger partial charge is 0.352 e. The second-order valence-electron chi connectivity index (χ2n) is 4.21. The van der Waals surface area contributed by atoms with Crippen LogP contribution in [0.1, 0.15) is 6.92 Å². The Hall–Kier alpha value is -2.42. The number of nitrogens with zero attached hydrogens (tertiary/aromatic N) is 1. The highest BCUT2D eigenvalue weighted by atomic mass is 32.2. The van der Waals surface area contributed by atoms with Crippen molar-refractivity contribution in [3.05, 3.63) is 34.4 Å². The van der Waals surface area contributed by atoms with Gasteiger partial charge in [-0.15, -0.1) is 0 Å². The van der Waals surface area contributed by atoms with E-state index < -0.39 is 49.2 Å². The Morgan fingerprint density at radius 3 is 2.35 bits per heavy atom. The largest absolute Gasteiger partial charge is 0.478 e. The number of carboxylic acid groups (broad SMARTS) is 2. The molecule has 2 rings (SSSR count). The monoisotopic (exact) mass is 299 g/mol. The highest BCUT2D eigenvalue weighted by Crippen LogP contribution is 2.43. The van der Waals surface area contributed by atoms with Crippen LogP contribution in [0.4, 0.5) is 0 Å². The van der Waals surface area contributed by atoms with E-state index >= 15 is 0 Å². The van der Waals surface area contributed by atoms with Crippen molar-refractivity contribution in [3.8, 4) is 0 Å². The summed E-state index contributed by atoms with van der Waals surface area (Å²) in [4.78, 5) is 33.7. The van der Waals surface area contributed by atoms with Gasteiger partial charge >= 0.3 is 11.9 Å². The molecule has 2 aliphatic rings. The number of allylic oxidation sites excluding steroid dienone is 1. The molecule has 0 aromatic rings. The van der Waals surface area contributed by atoms with Gasteiger partial charge in [0.05, 0.1) is 10.5 Å². The van der Waals surface area contributed by atoms with E-state index in [9.17, 15) is 22.8 Å². The lowest BCUT2D eigenvalue weighted by molar-refractivity contribution is -0.142. The van der Waals surface area contributed by atoms with Crippen LogP contribution in [-0.2, 0) is 24.2 Å². The Labute approximate surface area is 113 Å². The first-order chi connectivity index (χ1) is 9.10. The van der Waals surface area contributed by atoms with Crippen LogP contribution in [0.5, 0.6) is 0 Å². The van der Waals surface area contributed by atoms with E-state index in [0.29, 0.717) is 11.0 Å². The van der Waals surface area contributed by atoms with E-state index in [-0.39, 0.29) is 5.57 Å². The van der Waals surface area contributed by atoms with Crippen LogP contribution in [0.15, 0.2) is 34.4 Å². The fourth-order valence-electron chi connectivity index (χ4n) is 2.14. The quantitative estimate of drug-likeness (QED) is 0.517. The molecular formula is C11H9NO7S. The molecule has 8 nitrogen and oxygen atoms in total. The van der Waals surface area contributed by atoms with Gasteiger partial charge in [0, 0.05) is 6.08 Å². The molecule has 1 atom stereocenters. The predicted octanol–water partition coefficient (Wildman–Crippen LogP) is -0.534. The van der Waals surface area contributed by atoms with Gasteiger partial charge in [0.25, 0.3) is 5.91 Å². The molecule has 0 radical (unpaired) electrons. The van der Waals surface area contributed by atoms with Gasteiger partial charge in [0.1, 0.15) is 5.70 Å². The van der Waals surface area contributed by atoms with E-state index in [1.54, 1.807) is 0 Å². The van der Waals surface area contributed by atoms with Crippen molar-refractivity contribution in [2.75, 3.05) is 0 Å². The van der Waals surface area contributed by atoms with Gasteiger partial charge in [-0.05, 0) is 12.5 Å². The van der Waals surface area contributed by atoms with Gasteiger partial charge < -0.3 is 10.2 Å². The zero-order chi connectivity index (χ0) is 15.4. The number of carboxylic acids is 2. The average molecular weight is 299 g/mol. The molecule has 0 aliphatic carbocycles. The third kappa shape index (κ3) is 1.59. The standard InChI is InChI=1S/C11H9NO7S/c1-4-5(2)20(18,19)10-6(3-7(13)14)9(15)12(10)8(4)11(16)17/h3,10H,2H2,1H3,(H,13,14)(H,16,17)/b6-3-/t10-/m1/s1. The van der Waals surface area contributed by atoms with E-state index in [4.69, 9.17) is 10.2 Å². The maximum Gasteiger partial charge on any atom is 0.352 e. The van der Waals surface area contributed by atoms with E-state index in [1.807, 2.05) is 0 Å². The maximum absolute atomic E-state index is 12.1. The predicted molar refractivity (Wildman–Crippen MR) is 64.7 cm³/mol. The summed E-state index contributed by atoms with van der Waals surface area (Å²) in [6.45, 7) is 4.54. The summed E-state index contributed by atoms with van der Waals surface area (Å²) in [5.74, 6) is -3.92. The minimum atomic E-state index is -4.09. The summed E-state index contributed by atoms with van der Waals surface area (Å²) in [6, 6.07) is 0. The second-order valence-corrected chi connectivity index (χ2v) is 6.24. The summed E-state index contributed by atoms with van der Waals surface area (Å²) in [5, 5.41) is 16.1. The van der Waals surface area contributed by atoms with E-state index in [1.165, 1.54) is 6.92 Å². The molecule has 1 saturated heterocycles. The van der Waals surface area contributed by atoms with Crippen molar-refractivity contribution >= 4 is 27.7 Å². The van der Waals surface area contributed by atoms with Crippen LogP contribution in [0.3, 0.4) is 0 Å². The molecule has 2 heterocycles. The lowest BCUT2D eigenvalue weighted by Gasteiger charge is -2.45. The molecule has 2 N–H and O–H groups in total. The number of amides is 1. The minimum Gasteiger partial charge on any atom is -0.478 e. The van der Waals surface area contributed by atoms with Crippen LogP contribution in [0.2, 0.25) is 0 Å². The molecule has 20 heavy (non-hydrogen) atoms. The number of sulfone groups is 1. The van der Waals surface area contributed by atoms with Crippen LogP contribution in [0, 0.1) is 0 Å². The maximum atomic E-state index is 12.1. The third-order valence-electron chi connectivity index (χ3n) is 3.10. The summed E-state index contributed by atoms with van der Waals surface area (Å²) in [7, 11) is -4.09. The van der Waals surface area contributed by atoms with Gasteiger partial charge in [-0.1, -0.05) is 6.58 Å². The fraction of sp³-hybridized carbons (Fsp3) is 0.182. The summed E-state index contributed by atoms with van der Waals surface area (Å²) in [5.41, 5.74) is -1.12. The Kier molecular flexibility index (Phi) is 2.82. The van der Waals surface area contributed by atoms with Crippen LogP contribution < -0.4 is 0 Å². The number of fused-ring (bicyclic) bond motifs is 1. The van der Waals surface area contributed by atoms with E-state index in [2.05, 4.69) is 6.58 Å². The first kappa shape index (κ1) is 14.0. The molecule has 1 fully saturated rings. The van der Waals surface area contributed by atoms with Crippen LogP contribution in [0.25, 0.3) is 0 Å². The zero-order valence-electron chi connectivity index (χ0n) is 10.2. The lowest BCUT2D eigenvalue weighted by Crippen LogP contribution is -2.61. The zero-order valence-corrected chi connectivity index (χ0v) is 11.0. The SMILES string of the molecule is C=C1C(C)=C(C(=O)O)N2C(=O)/C(=C/C(=O)O)[C@H]2S1(=O)=O. The molecule has 106 valence electrons. The number of hydrogen-bond acceptors (Lipinski definition) is 5. The van der Waals surface area contributed by atoms with E-state index in [0.717, 1.165) is 0 Å². The molecule has 0 saturated carbocycles. The number of carbonyl (C=O) groups excluding carboxylic acids is 1. The fourth-order valence-corrected chi connectivity index (χ4v) is 3.91. The highest BCUT2D eigenvalue weighted by Gasteiger charge is 2.57. The van der Waals surface area contributed by atoms with Crippen molar-refractivity contribution in [1.29, 1.82) is 0 Å². The Bertz CT molecular complexity index is 741. The summed E-state index contributed by atoms with van der Waals surface area (Å²) < 4.78 is 24.3. The molecule has 0 spiro atoms. The van der Waals surface area contributed by atoms with Gasteiger partial charge in [0.2, 0.25) is 9.84 Å². The minimum absolute atomic E-state index is 0.142. The number of carbonyl (C=O) groups is 3. The van der Waals surface area contributed by atoms with Crippen molar-refractivity contribution in [1.82, 2.24) is 4.90 Å². The van der Waals surface area contributed by atoms with Crippen molar-refractivity contribution < 1.29 is 33.0 Å². The number of hydrogen-bond donors (Lipinski definition) is 2. The van der Waals surface area contributed by atoms with Gasteiger partial charge in [-0.25, -0.2) is 18.0 Å². The molecule has 9 heteroatoms. The molecule has 0 unspecified atom stereocenters. The third-order valence-corrected chi connectivity index (χ3v) is 5.15. The lowest BCUT2D eigenvalue weighted by atomic mass is 10.0. The van der Waals surface area contributed by atoms with Crippen molar-refractivity contribution in [3.63, 3.8) is 0 Å². The number of aliphatic carboxylic acids is 2. The molecule has 0 bridgehead atoms. The first-order valence-corrected chi connectivity index (χ1v) is 6.80. The molecular weight excluding hydrogens is 290 g/mol. The molecule has 1 amide bonds. The Morgan fingerprint density at radius 1 is 1.35 bits per heavy atom. The molecule has 2 aliphatic heterocycles. The first-order valence-electron chi connectivity index (χ1n) is 5.26. The Morgan fingerprint density at radius 2 is 1.90 bits per heavy atom. The number of rotatable bonds is 2. The van der Waals surface area contributed by atoms with Crippen LogP contribution in [-0.4, -0.2) is 46.8 Å². The molecule has 0 aromatic heterocycles. The summed E-state index contributed by atoms with van der Waals surface area (Å²) in [6.07, 6.45) is 0.467. The second kappa shape index (κ2) is 4.04.